The van der Waals surface area contributed by atoms with Gasteiger partial charge in [0.2, 0.25) is 0 Å². The predicted molar refractivity (Wildman–Crippen MR) is 79.1 cm³/mol. The fourth-order valence-corrected chi connectivity index (χ4v) is 4.04. The Bertz CT molecular complexity index is 461. The molecule has 7 nitrogen and oxygen atoms in total. The molecule has 1 fully saturated rings. The summed E-state index contributed by atoms with van der Waals surface area (Å²) >= 11 is 0. The van der Waals surface area contributed by atoms with Crippen molar-refractivity contribution in [3.8, 4) is 0 Å². The van der Waals surface area contributed by atoms with E-state index in [1.807, 2.05) is 34.6 Å². The number of ether oxygens (including phenoxy) is 1. The highest BCUT2D eigenvalue weighted by Gasteiger charge is 2.36. The molecule has 0 saturated carbocycles. The molecule has 0 spiro atoms. The largest absolute Gasteiger partial charge is 0.481 e. The fourth-order valence-electron chi connectivity index (χ4n) is 2.28. The van der Waals surface area contributed by atoms with Crippen LogP contribution in [0.1, 0.15) is 41.0 Å². The molecule has 1 saturated heterocycles. The van der Waals surface area contributed by atoms with Gasteiger partial charge in [0.15, 0.2) is 0 Å². The Hall–Kier alpha value is -0.700. The molecule has 3 unspecified atom stereocenters. The standard InChI is InChI=1S/C13H26N2O5S/c1-9-7-15(8-10(2)20-9)21(18,19)14-11(6-12(16)17)13(3,4)5/h9-11,14H,6-8H2,1-5H3,(H,16,17). The first-order chi connectivity index (χ1) is 9.41. The predicted octanol–water partition coefficient (Wildman–Crippen LogP) is 0.819. The zero-order chi connectivity index (χ0) is 16.4. The number of hydrogen-bond acceptors (Lipinski definition) is 4. The van der Waals surface area contributed by atoms with Crippen molar-refractivity contribution in [2.45, 2.75) is 59.3 Å². The molecular weight excluding hydrogens is 296 g/mol. The maximum Gasteiger partial charge on any atom is 0.304 e. The molecule has 3 atom stereocenters. The van der Waals surface area contributed by atoms with Crippen LogP contribution in [0.2, 0.25) is 0 Å². The number of aliphatic carboxylic acids is 1. The summed E-state index contributed by atoms with van der Waals surface area (Å²) in [7, 11) is -3.74. The first-order valence-corrected chi connectivity index (χ1v) is 8.50. The Morgan fingerprint density at radius 2 is 1.81 bits per heavy atom. The van der Waals surface area contributed by atoms with E-state index < -0.39 is 27.6 Å². The lowest BCUT2D eigenvalue weighted by molar-refractivity contribution is -0.138. The Morgan fingerprint density at radius 1 is 1.33 bits per heavy atom. The minimum Gasteiger partial charge on any atom is -0.481 e. The Morgan fingerprint density at radius 3 is 2.19 bits per heavy atom. The molecule has 0 aliphatic carbocycles. The Kier molecular flexibility index (Phi) is 5.76. The van der Waals surface area contributed by atoms with E-state index in [9.17, 15) is 13.2 Å². The average Bonchev–Trinajstić information content (AvgIpc) is 2.24. The topological polar surface area (TPSA) is 95.9 Å². The lowest BCUT2D eigenvalue weighted by atomic mass is 9.85. The van der Waals surface area contributed by atoms with Gasteiger partial charge in [0.1, 0.15) is 0 Å². The first kappa shape index (κ1) is 18.3. The second kappa shape index (κ2) is 6.60. The summed E-state index contributed by atoms with van der Waals surface area (Å²) in [5.74, 6) is -1.03. The van der Waals surface area contributed by atoms with Crippen molar-refractivity contribution >= 4 is 16.2 Å². The fraction of sp³-hybridized carbons (Fsp3) is 0.923. The van der Waals surface area contributed by atoms with Crippen LogP contribution in [0, 0.1) is 5.41 Å². The summed E-state index contributed by atoms with van der Waals surface area (Å²) in [6.45, 7) is 9.61. The van der Waals surface area contributed by atoms with Crippen LogP contribution in [0.5, 0.6) is 0 Å². The zero-order valence-corrected chi connectivity index (χ0v) is 14.1. The van der Waals surface area contributed by atoms with Gasteiger partial charge >= 0.3 is 5.97 Å². The average molecular weight is 322 g/mol. The second-order valence-electron chi connectivity index (χ2n) is 6.71. The number of carbonyl (C=O) groups is 1. The van der Waals surface area contributed by atoms with Crippen LogP contribution in [0.3, 0.4) is 0 Å². The quantitative estimate of drug-likeness (QED) is 0.781. The molecule has 124 valence electrons. The second-order valence-corrected chi connectivity index (χ2v) is 8.42. The third-order valence-electron chi connectivity index (χ3n) is 3.44. The van der Waals surface area contributed by atoms with Crippen molar-refractivity contribution in [1.29, 1.82) is 0 Å². The van der Waals surface area contributed by atoms with Gasteiger partial charge in [-0.3, -0.25) is 4.79 Å². The molecule has 1 rings (SSSR count). The van der Waals surface area contributed by atoms with Crippen LogP contribution in [-0.4, -0.2) is 55.1 Å². The number of morpholine rings is 1. The van der Waals surface area contributed by atoms with E-state index in [4.69, 9.17) is 9.84 Å². The molecule has 0 amide bonds. The van der Waals surface area contributed by atoms with E-state index in [1.165, 1.54) is 4.31 Å². The van der Waals surface area contributed by atoms with Crippen molar-refractivity contribution in [3.05, 3.63) is 0 Å². The zero-order valence-electron chi connectivity index (χ0n) is 13.3. The number of carboxylic acids is 1. The van der Waals surface area contributed by atoms with Gasteiger partial charge in [-0.15, -0.1) is 0 Å². The van der Waals surface area contributed by atoms with E-state index >= 15 is 0 Å². The van der Waals surface area contributed by atoms with Crippen molar-refractivity contribution in [1.82, 2.24) is 9.03 Å². The molecule has 2 N–H and O–H groups in total. The van der Waals surface area contributed by atoms with Gasteiger partial charge in [0.25, 0.3) is 10.2 Å². The highest BCUT2D eigenvalue weighted by atomic mass is 32.2. The summed E-state index contributed by atoms with van der Waals surface area (Å²) in [4.78, 5) is 11.0. The van der Waals surface area contributed by atoms with Crippen LogP contribution >= 0.6 is 0 Å². The van der Waals surface area contributed by atoms with E-state index in [1.54, 1.807) is 0 Å². The van der Waals surface area contributed by atoms with Crippen LogP contribution < -0.4 is 4.72 Å². The first-order valence-electron chi connectivity index (χ1n) is 7.06. The molecular formula is C13H26N2O5S. The number of nitrogens with zero attached hydrogens (tertiary/aromatic N) is 1. The van der Waals surface area contributed by atoms with Crippen molar-refractivity contribution in [2.24, 2.45) is 5.41 Å². The maximum absolute atomic E-state index is 12.5. The van der Waals surface area contributed by atoms with Crippen LogP contribution in [0.15, 0.2) is 0 Å². The highest BCUT2D eigenvalue weighted by Crippen LogP contribution is 2.24. The molecule has 8 heteroatoms. The molecule has 21 heavy (non-hydrogen) atoms. The van der Waals surface area contributed by atoms with Gasteiger partial charge in [-0.25, -0.2) is 0 Å². The van der Waals surface area contributed by atoms with Crippen LogP contribution in [0.25, 0.3) is 0 Å². The SMILES string of the molecule is CC1CN(S(=O)(=O)NC(CC(=O)O)C(C)(C)C)CC(C)O1. The van der Waals surface area contributed by atoms with Gasteiger partial charge < -0.3 is 9.84 Å². The van der Waals surface area contributed by atoms with E-state index in [0.29, 0.717) is 0 Å². The van der Waals surface area contributed by atoms with Crippen molar-refractivity contribution in [3.63, 3.8) is 0 Å². The number of carboxylic acid groups (broad SMARTS) is 1. The summed E-state index contributed by atoms with van der Waals surface area (Å²) in [6, 6.07) is -0.673. The van der Waals surface area contributed by atoms with Gasteiger partial charge in [-0.1, -0.05) is 20.8 Å². The molecule has 0 radical (unpaired) electrons. The van der Waals surface area contributed by atoms with E-state index in [2.05, 4.69) is 4.72 Å². The summed E-state index contributed by atoms with van der Waals surface area (Å²) in [5, 5.41) is 8.97. The van der Waals surface area contributed by atoms with Gasteiger partial charge in [-0.2, -0.15) is 17.4 Å². The molecule has 0 bridgehead atoms. The highest BCUT2D eigenvalue weighted by molar-refractivity contribution is 7.87. The van der Waals surface area contributed by atoms with Gasteiger partial charge in [-0.05, 0) is 19.3 Å². The minimum atomic E-state index is -3.74. The van der Waals surface area contributed by atoms with E-state index in [-0.39, 0.29) is 31.7 Å². The third kappa shape index (κ3) is 5.54. The van der Waals surface area contributed by atoms with Crippen LogP contribution in [-0.2, 0) is 19.7 Å². The normalized spacial score (nSPS) is 26.5. The maximum atomic E-state index is 12.5. The number of rotatable bonds is 5. The van der Waals surface area contributed by atoms with Gasteiger partial charge in [0, 0.05) is 19.1 Å². The molecule has 0 aromatic carbocycles. The molecule has 0 aromatic heterocycles. The van der Waals surface area contributed by atoms with Crippen molar-refractivity contribution in [2.75, 3.05) is 13.1 Å². The molecule has 0 aromatic rings. The monoisotopic (exact) mass is 322 g/mol. The van der Waals surface area contributed by atoms with E-state index in [0.717, 1.165) is 0 Å². The number of nitrogens with one attached hydrogen (secondary N) is 1. The lowest BCUT2D eigenvalue weighted by Gasteiger charge is -2.37. The van der Waals surface area contributed by atoms with Crippen molar-refractivity contribution < 1.29 is 23.1 Å². The Labute approximate surface area is 126 Å². The molecule has 1 heterocycles. The minimum absolute atomic E-state index is 0.183. The summed E-state index contributed by atoms with van der Waals surface area (Å²) in [5.41, 5.74) is -0.491. The summed E-state index contributed by atoms with van der Waals surface area (Å²) < 4.78 is 34.3. The summed E-state index contributed by atoms with van der Waals surface area (Å²) in [6.07, 6.45) is -0.617. The van der Waals surface area contributed by atoms with Crippen LogP contribution in [0.4, 0.5) is 0 Å². The number of hydrogen-bond donors (Lipinski definition) is 2. The molecule has 1 aliphatic heterocycles. The van der Waals surface area contributed by atoms with Gasteiger partial charge in [0.05, 0.1) is 18.6 Å². The Balaban J connectivity index is 2.88. The smallest absolute Gasteiger partial charge is 0.304 e. The lowest BCUT2D eigenvalue weighted by Crippen LogP contribution is -2.55. The molecule has 1 aliphatic rings. The third-order valence-corrected chi connectivity index (χ3v) is 5.00.